The molecule has 5 heteroatoms. The van der Waals surface area contributed by atoms with E-state index in [1.165, 1.54) is 0 Å². The number of nitrogens with two attached hydrogens (primary N) is 2. The van der Waals surface area contributed by atoms with E-state index in [0.29, 0.717) is 16.9 Å². The Labute approximate surface area is 113 Å². The molecule has 5 nitrogen and oxygen atoms in total. The highest BCUT2D eigenvalue weighted by Crippen LogP contribution is 2.26. The average molecular weight is 263 g/mol. The number of rotatable bonds is 4. The third-order valence-electron chi connectivity index (χ3n) is 3.64. The van der Waals surface area contributed by atoms with Gasteiger partial charge in [0.1, 0.15) is 0 Å². The van der Waals surface area contributed by atoms with E-state index >= 15 is 0 Å². The standard InChI is InChI=1S/C14H21N3O2/c15-10-5-6-12(13(16)9-10)14(19)17-7-1-3-11(17)4-2-8-18/h5-6,9,11,18H,1-4,7-8,15-16H2. The van der Waals surface area contributed by atoms with E-state index in [2.05, 4.69) is 0 Å². The van der Waals surface area contributed by atoms with Crippen LogP contribution in [0, 0.1) is 0 Å². The maximum Gasteiger partial charge on any atom is 0.256 e. The Kier molecular flexibility index (Phi) is 4.27. The smallest absolute Gasteiger partial charge is 0.256 e. The number of carbonyl (C=O) groups is 1. The molecule has 19 heavy (non-hydrogen) atoms. The van der Waals surface area contributed by atoms with Crippen molar-refractivity contribution >= 4 is 17.3 Å². The summed E-state index contributed by atoms with van der Waals surface area (Å²) in [5.41, 5.74) is 13.0. The largest absolute Gasteiger partial charge is 0.399 e. The highest BCUT2D eigenvalue weighted by molar-refractivity contribution is 6.00. The number of hydrogen-bond acceptors (Lipinski definition) is 4. The highest BCUT2D eigenvalue weighted by atomic mass is 16.3. The van der Waals surface area contributed by atoms with Gasteiger partial charge in [-0.05, 0) is 43.9 Å². The summed E-state index contributed by atoms with van der Waals surface area (Å²) < 4.78 is 0. The van der Waals surface area contributed by atoms with E-state index in [1.807, 2.05) is 4.90 Å². The molecule has 5 N–H and O–H groups in total. The van der Waals surface area contributed by atoms with Gasteiger partial charge in [-0.15, -0.1) is 0 Å². The Hall–Kier alpha value is -1.75. The fourth-order valence-corrected chi connectivity index (χ4v) is 2.66. The number of anilines is 2. The predicted molar refractivity (Wildman–Crippen MR) is 75.6 cm³/mol. The number of benzene rings is 1. The zero-order valence-corrected chi connectivity index (χ0v) is 11.0. The van der Waals surface area contributed by atoms with E-state index in [0.717, 1.165) is 32.2 Å². The van der Waals surface area contributed by atoms with E-state index in [4.69, 9.17) is 16.6 Å². The molecule has 1 heterocycles. The van der Waals surface area contributed by atoms with Gasteiger partial charge in [0.25, 0.3) is 5.91 Å². The minimum absolute atomic E-state index is 0.0297. The van der Waals surface area contributed by atoms with E-state index in [9.17, 15) is 4.79 Å². The van der Waals surface area contributed by atoms with Gasteiger partial charge in [0.2, 0.25) is 0 Å². The minimum atomic E-state index is -0.0297. The van der Waals surface area contributed by atoms with Gasteiger partial charge in [-0.3, -0.25) is 4.79 Å². The molecule has 1 amide bonds. The van der Waals surface area contributed by atoms with Crippen LogP contribution in [-0.4, -0.2) is 35.1 Å². The van der Waals surface area contributed by atoms with Crippen LogP contribution < -0.4 is 11.5 Å². The second-order valence-corrected chi connectivity index (χ2v) is 5.01. The molecule has 0 aliphatic carbocycles. The van der Waals surface area contributed by atoms with Crippen molar-refractivity contribution in [2.75, 3.05) is 24.6 Å². The van der Waals surface area contributed by atoms with Crippen LogP contribution in [0.4, 0.5) is 11.4 Å². The second-order valence-electron chi connectivity index (χ2n) is 5.01. The van der Waals surface area contributed by atoms with Crippen LogP contribution in [0.25, 0.3) is 0 Å². The van der Waals surface area contributed by atoms with Crippen molar-refractivity contribution in [2.45, 2.75) is 31.7 Å². The maximum atomic E-state index is 12.5. The number of likely N-dealkylation sites (tertiary alicyclic amines) is 1. The summed E-state index contributed by atoms with van der Waals surface area (Å²) in [6.45, 7) is 0.932. The molecule has 0 spiro atoms. The summed E-state index contributed by atoms with van der Waals surface area (Å²) in [6, 6.07) is 5.22. The molecular formula is C14H21N3O2. The van der Waals surface area contributed by atoms with Crippen LogP contribution in [-0.2, 0) is 0 Å². The Morgan fingerprint density at radius 1 is 1.42 bits per heavy atom. The third kappa shape index (κ3) is 2.98. The number of carbonyl (C=O) groups excluding carboxylic acids is 1. The number of nitrogens with zero attached hydrogens (tertiary/aromatic N) is 1. The Morgan fingerprint density at radius 2 is 2.21 bits per heavy atom. The summed E-state index contributed by atoms with van der Waals surface area (Å²) in [7, 11) is 0. The van der Waals surface area contributed by atoms with E-state index in [-0.39, 0.29) is 18.6 Å². The van der Waals surface area contributed by atoms with Crippen molar-refractivity contribution in [3.05, 3.63) is 23.8 Å². The third-order valence-corrected chi connectivity index (χ3v) is 3.64. The first-order valence-electron chi connectivity index (χ1n) is 6.70. The highest BCUT2D eigenvalue weighted by Gasteiger charge is 2.29. The molecule has 104 valence electrons. The number of hydrogen-bond donors (Lipinski definition) is 3. The molecule has 0 radical (unpaired) electrons. The second kappa shape index (κ2) is 5.93. The number of aliphatic hydroxyl groups excluding tert-OH is 1. The fourth-order valence-electron chi connectivity index (χ4n) is 2.66. The monoisotopic (exact) mass is 263 g/mol. The normalized spacial score (nSPS) is 18.8. The molecule has 1 aliphatic rings. The molecule has 1 unspecified atom stereocenters. The Morgan fingerprint density at radius 3 is 2.89 bits per heavy atom. The molecule has 1 saturated heterocycles. The van der Waals surface area contributed by atoms with E-state index in [1.54, 1.807) is 18.2 Å². The van der Waals surface area contributed by atoms with Gasteiger partial charge in [-0.1, -0.05) is 0 Å². The average Bonchev–Trinajstić information content (AvgIpc) is 2.83. The molecule has 0 aromatic heterocycles. The summed E-state index contributed by atoms with van der Waals surface area (Å²) in [5, 5.41) is 8.91. The molecule has 1 atom stereocenters. The lowest BCUT2D eigenvalue weighted by molar-refractivity contribution is 0.0725. The first-order chi connectivity index (χ1) is 9.13. The van der Waals surface area contributed by atoms with Crippen LogP contribution in [0.5, 0.6) is 0 Å². The molecule has 1 aromatic carbocycles. The zero-order valence-electron chi connectivity index (χ0n) is 11.0. The van der Waals surface area contributed by atoms with Crippen LogP contribution in [0.1, 0.15) is 36.0 Å². The molecule has 0 bridgehead atoms. The van der Waals surface area contributed by atoms with Gasteiger partial charge in [0.05, 0.1) is 5.56 Å². The lowest BCUT2D eigenvalue weighted by Gasteiger charge is -2.25. The van der Waals surface area contributed by atoms with E-state index < -0.39 is 0 Å². The molecule has 1 aromatic rings. The van der Waals surface area contributed by atoms with Crippen LogP contribution in [0.2, 0.25) is 0 Å². The summed E-state index contributed by atoms with van der Waals surface area (Å²) in [4.78, 5) is 14.4. The van der Waals surface area contributed by atoms with Gasteiger partial charge >= 0.3 is 0 Å². The minimum Gasteiger partial charge on any atom is -0.399 e. The summed E-state index contributed by atoms with van der Waals surface area (Å²) >= 11 is 0. The zero-order chi connectivity index (χ0) is 13.8. The Bertz CT molecular complexity index is 462. The molecule has 0 saturated carbocycles. The number of aliphatic hydroxyl groups is 1. The van der Waals surface area contributed by atoms with Gasteiger partial charge < -0.3 is 21.5 Å². The first-order valence-corrected chi connectivity index (χ1v) is 6.70. The van der Waals surface area contributed by atoms with Crippen molar-refractivity contribution in [3.8, 4) is 0 Å². The fraction of sp³-hybridized carbons (Fsp3) is 0.500. The number of amides is 1. The SMILES string of the molecule is Nc1ccc(C(=O)N2CCCC2CCCO)c(N)c1. The number of nitrogen functional groups attached to an aromatic ring is 2. The topological polar surface area (TPSA) is 92.6 Å². The predicted octanol–water partition coefficient (Wildman–Crippen LogP) is 1.23. The maximum absolute atomic E-state index is 12.5. The molecular weight excluding hydrogens is 242 g/mol. The lowest BCUT2D eigenvalue weighted by atomic mass is 10.1. The van der Waals surface area contributed by atoms with Crippen molar-refractivity contribution in [2.24, 2.45) is 0 Å². The molecule has 1 aliphatic heterocycles. The lowest BCUT2D eigenvalue weighted by Crippen LogP contribution is -2.36. The first kappa shape index (κ1) is 13.7. The van der Waals surface area contributed by atoms with Gasteiger partial charge in [0, 0.05) is 30.6 Å². The van der Waals surface area contributed by atoms with Gasteiger partial charge in [-0.2, -0.15) is 0 Å². The quantitative estimate of drug-likeness (QED) is 0.712. The van der Waals surface area contributed by atoms with Crippen LogP contribution in [0.3, 0.4) is 0 Å². The van der Waals surface area contributed by atoms with Crippen LogP contribution >= 0.6 is 0 Å². The molecule has 2 rings (SSSR count). The van der Waals surface area contributed by atoms with Gasteiger partial charge in [0.15, 0.2) is 0 Å². The molecule has 1 fully saturated rings. The van der Waals surface area contributed by atoms with Crippen LogP contribution in [0.15, 0.2) is 18.2 Å². The van der Waals surface area contributed by atoms with Gasteiger partial charge in [-0.25, -0.2) is 0 Å². The summed E-state index contributed by atoms with van der Waals surface area (Å²) in [6.07, 6.45) is 3.58. The van der Waals surface area contributed by atoms with Crippen molar-refractivity contribution in [1.82, 2.24) is 4.90 Å². The van der Waals surface area contributed by atoms with Crippen molar-refractivity contribution < 1.29 is 9.90 Å². The van der Waals surface area contributed by atoms with Crippen molar-refractivity contribution in [1.29, 1.82) is 0 Å². The van der Waals surface area contributed by atoms with Crippen molar-refractivity contribution in [3.63, 3.8) is 0 Å². The Balaban J connectivity index is 2.13. The summed E-state index contributed by atoms with van der Waals surface area (Å²) in [5.74, 6) is -0.0297.